The molecule has 0 unspecified atom stereocenters. The molecule has 2 aromatic rings. The van der Waals surface area contributed by atoms with E-state index in [2.05, 4.69) is 10.9 Å². The highest BCUT2D eigenvalue weighted by molar-refractivity contribution is 7.99. The van der Waals surface area contributed by atoms with Crippen molar-refractivity contribution in [3.63, 3.8) is 0 Å². The molecule has 2 rings (SSSR count). The molecule has 0 aliphatic rings. The summed E-state index contributed by atoms with van der Waals surface area (Å²) in [6.07, 6.45) is 0. The van der Waals surface area contributed by atoms with Crippen LogP contribution in [0.4, 0.5) is 0 Å². The normalized spacial score (nSPS) is 10.2. The van der Waals surface area contributed by atoms with Gasteiger partial charge >= 0.3 is 0 Å². The average molecular weight is 407 g/mol. The number of ether oxygens (including phenoxy) is 1. The molecule has 142 valence electrons. The minimum Gasteiger partial charge on any atom is -0.496 e. The second-order valence-corrected chi connectivity index (χ2v) is 6.95. The summed E-state index contributed by atoms with van der Waals surface area (Å²) in [4.78, 5) is 35.4. The molecule has 2 aromatic carbocycles. The van der Waals surface area contributed by atoms with Crippen LogP contribution in [-0.4, -0.2) is 30.5 Å². The maximum absolute atomic E-state index is 12.0. The molecule has 0 atom stereocenters. The maximum atomic E-state index is 12.0. The largest absolute Gasteiger partial charge is 0.496 e. The van der Waals surface area contributed by atoms with Gasteiger partial charge in [-0.05, 0) is 37.3 Å². The fraction of sp³-hybridized carbons (Fsp3) is 0.211. The fourth-order valence-corrected chi connectivity index (χ4v) is 3.27. The Balaban J connectivity index is 1.84. The summed E-state index contributed by atoms with van der Waals surface area (Å²) < 4.78 is 5.28. The number of hydrazine groups is 1. The number of thioether (sulfide) groups is 1. The molecule has 2 N–H and O–H groups in total. The van der Waals surface area contributed by atoms with Gasteiger partial charge in [0.1, 0.15) is 5.75 Å². The van der Waals surface area contributed by atoms with Crippen LogP contribution in [0.1, 0.15) is 33.2 Å². The van der Waals surface area contributed by atoms with Gasteiger partial charge in [0.15, 0.2) is 5.78 Å². The van der Waals surface area contributed by atoms with E-state index in [4.69, 9.17) is 16.3 Å². The first-order valence-corrected chi connectivity index (χ1v) is 9.55. The van der Waals surface area contributed by atoms with Gasteiger partial charge in [-0.3, -0.25) is 25.2 Å². The Morgan fingerprint density at radius 2 is 1.85 bits per heavy atom. The van der Waals surface area contributed by atoms with E-state index in [0.29, 0.717) is 22.1 Å². The zero-order valence-electron chi connectivity index (χ0n) is 14.9. The van der Waals surface area contributed by atoms with E-state index in [1.807, 2.05) is 0 Å². The Morgan fingerprint density at radius 1 is 1.11 bits per heavy atom. The van der Waals surface area contributed by atoms with Gasteiger partial charge in [0.25, 0.3) is 5.91 Å². The van der Waals surface area contributed by atoms with Crippen LogP contribution in [0.5, 0.6) is 5.75 Å². The van der Waals surface area contributed by atoms with Crippen LogP contribution in [0.25, 0.3) is 0 Å². The Hall–Kier alpha value is -2.51. The van der Waals surface area contributed by atoms with E-state index < -0.39 is 5.91 Å². The molecule has 0 radical (unpaired) electrons. The van der Waals surface area contributed by atoms with Crippen LogP contribution in [-0.2, 0) is 10.5 Å². The first-order valence-electron chi connectivity index (χ1n) is 8.01. The van der Waals surface area contributed by atoms with Crippen molar-refractivity contribution in [3.05, 3.63) is 64.2 Å². The molecule has 0 aliphatic carbocycles. The minimum absolute atomic E-state index is 0.0380. The van der Waals surface area contributed by atoms with Gasteiger partial charge in [0, 0.05) is 16.9 Å². The van der Waals surface area contributed by atoms with Crippen molar-refractivity contribution in [1.29, 1.82) is 0 Å². The molecular weight excluding hydrogens is 388 g/mol. The molecule has 0 saturated carbocycles. The van der Waals surface area contributed by atoms with Crippen LogP contribution in [0.3, 0.4) is 0 Å². The molecule has 6 nitrogen and oxygen atoms in total. The molecular formula is C19H19ClN2O4S. The highest BCUT2D eigenvalue weighted by Crippen LogP contribution is 2.24. The molecule has 0 heterocycles. The number of amides is 2. The third kappa shape index (κ3) is 6.01. The summed E-state index contributed by atoms with van der Waals surface area (Å²) in [7, 11) is 1.55. The molecule has 0 bridgehead atoms. The minimum atomic E-state index is -0.491. The van der Waals surface area contributed by atoms with Crippen LogP contribution in [0, 0.1) is 0 Å². The second kappa shape index (κ2) is 9.99. The quantitative estimate of drug-likeness (QED) is 0.544. The van der Waals surface area contributed by atoms with Crippen molar-refractivity contribution in [2.75, 3.05) is 12.9 Å². The smallest absolute Gasteiger partial charge is 0.271 e. The van der Waals surface area contributed by atoms with Crippen molar-refractivity contribution in [1.82, 2.24) is 10.9 Å². The molecule has 0 fully saturated rings. The third-order valence-corrected chi connectivity index (χ3v) is 4.92. The number of hydrogen-bond donors (Lipinski definition) is 2. The van der Waals surface area contributed by atoms with Crippen LogP contribution >= 0.6 is 23.4 Å². The lowest BCUT2D eigenvalue weighted by Gasteiger charge is -2.10. The summed E-state index contributed by atoms with van der Waals surface area (Å²) in [5.74, 6) is 0.368. The molecule has 0 aliphatic heterocycles. The summed E-state index contributed by atoms with van der Waals surface area (Å²) >= 11 is 7.27. The van der Waals surface area contributed by atoms with Crippen molar-refractivity contribution >= 4 is 41.0 Å². The van der Waals surface area contributed by atoms with Crippen molar-refractivity contribution in [2.24, 2.45) is 0 Å². The molecule has 0 aromatic heterocycles. The summed E-state index contributed by atoms with van der Waals surface area (Å²) in [6.45, 7) is 1.49. The highest BCUT2D eigenvalue weighted by atomic mass is 35.5. The molecule has 0 spiro atoms. The van der Waals surface area contributed by atoms with E-state index >= 15 is 0 Å². The Labute approximate surface area is 166 Å². The lowest BCUT2D eigenvalue weighted by molar-refractivity contribution is -0.119. The Bertz CT molecular complexity index is 857. The third-order valence-electron chi connectivity index (χ3n) is 3.61. The number of carbonyl (C=O) groups is 3. The van der Waals surface area contributed by atoms with Gasteiger partial charge in [-0.1, -0.05) is 23.7 Å². The first-order chi connectivity index (χ1) is 12.9. The monoisotopic (exact) mass is 406 g/mol. The lowest BCUT2D eigenvalue weighted by Crippen LogP contribution is -2.42. The van der Waals surface area contributed by atoms with Gasteiger partial charge < -0.3 is 4.74 Å². The predicted octanol–water partition coefficient (Wildman–Crippen LogP) is 3.25. The van der Waals surface area contributed by atoms with Crippen LogP contribution in [0.2, 0.25) is 5.02 Å². The molecule has 0 saturated heterocycles. The fourth-order valence-electron chi connectivity index (χ4n) is 2.24. The number of halogens is 1. The Kier molecular flexibility index (Phi) is 7.69. The number of carbonyl (C=O) groups excluding carboxylic acids is 3. The van der Waals surface area contributed by atoms with Gasteiger partial charge in [-0.15, -0.1) is 11.8 Å². The molecule has 27 heavy (non-hydrogen) atoms. The highest BCUT2D eigenvalue weighted by Gasteiger charge is 2.12. The topological polar surface area (TPSA) is 84.5 Å². The SMILES string of the molecule is COc1ccc(C(C)=O)cc1CSCC(=O)NNC(=O)c1ccccc1Cl. The zero-order valence-corrected chi connectivity index (χ0v) is 16.4. The number of nitrogens with one attached hydrogen (secondary N) is 2. The van der Waals surface area contributed by atoms with Crippen molar-refractivity contribution < 1.29 is 19.1 Å². The summed E-state index contributed by atoms with van der Waals surface area (Å²) in [5.41, 5.74) is 6.36. The number of benzene rings is 2. The average Bonchev–Trinajstić information content (AvgIpc) is 2.66. The van der Waals surface area contributed by atoms with E-state index in [0.717, 1.165) is 5.56 Å². The van der Waals surface area contributed by atoms with Crippen molar-refractivity contribution in [3.8, 4) is 5.75 Å². The van der Waals surface area contributed by atoms with Gasteiger partial charge in [0.2, 0.25) is 5.91 Å². The maximum Gasteiger partial charge on any atom is 0.271 e. The number of hydrogen-bond acceptors (Lipinski definition) is 5. The van der Waals surface area contributed by atoms with E-state index in [-0.39, 0.29) is 23.0 Å². The first kappa shape index (κ1) is 20.8. The van der Waals surface area contributed by atoms with E-state index in [1.165, 1.54) is 18.7 Å². The van der Waals surface area contributed by atoms with Crippen molar-refractivity contribution in [2.45, 2.75) is 12.7 Å². The number of ketones is 1. The van der Waals surface area contributed by atoms with Crippen LogP contribution < -0.4 is 15.6 Å². The summed E-state index contributed by atoms with van der Waals surface area (Å²) in [5, 5.41) is 0.302. The van der Waals surface area contributed by atoms with E-state index in [9.17, 15) is 14.4 Å². The summed E-state index contributed by atoms with van der Waals surface area (Å²) in [6, 6.07) is 11.7. The zero-order chi connectivity index (χ0) is 19.8. The van der Waals surface area contributed by atoms with Crippen LogP contribution in [0.15, 0.2) is 42.5 Å². The number of methoxy groups -OCH3 is 1. The van der Waals surface area contributed by atoms with E-state index in [1.54, 1.807) is 49.6 Å². The molecule has 8 heteroatoms. The molecule has 2 amide bonds. The van der Waals surface area contributed by atoms with Gasteiger partial charge in [-0.25, -0.2) is 0 Å². The Morgan fingerprint density at radius 3 is 2.52 bits per heavy atom. The van der Waals surface area contributed by atoms with Gasteiger partial charge in [0.05, 0.1) is 23.4 Å². The van der Waals surface area contributed by atoms with Gasteiger partial charge in [-0.2, -0.15) is 0 Å². The second-order valence-electron chi connectivity index (χ2n) is 5.56. The predicted molar refractivity (Wildman–Crippen MR) is 106 cm³/mol. The number of rotatable bonds is 7. The number of Topliss-reactive ketones (excluding diaryl/α,β-unsaturated/α-hetero) is 1. The lowest BCUT2D eigenvalue weighted by atomic mass is 10.1. The standard InChI is InChI=1S/C19H19ClN2O4S/c1-12(23)13-7-8-17(26-2)14(9-13)10-27-11-18(24)21-22-19(25)15-5-3-4-6-16(15)20/h3-9H,10-11H2,1-2H3,(H,21,24)(H,22,25).